The zero-order chi connectivity index (χ0) is 13.7. The minimum absolute atomic E-state index is 0.107. The number of hydrogen-bond donors (Lipinski definition) is 2. The van der Waals surface area contributed by atoms with Gasteiger partial charge in [0.2, 0.25) is 0 Å². The molecule has 1 fully saturated rings. The summed E-state index contributed by atoms with van der Waals surface area (Å²) in [6.07, 6.45) is 6.45. The number of urea groups is 1. The van der Waals surface area contributed by atoms with Crippen LogP contribution in [0.4, 0.5) is 4.79 Å². The van der Waals surface area contributed by atoms with Gasteiger partial charge < -0.3 is 15.2 Å². The molecule has 0 unspecified atom stereocenters. The summed E-state index contributed by atoms with van der Waals surface area (Å²) in [6, 6.07) is 0.196. The normalized spacial score (nSPS) is 23.1. The Hall–Kier alpha value is -1.59. The molecule has 2 atom stereocenters. The van der Waals surface area contributed by atoms with E-state index in [-0.39, 0.29) is 6.03 Å². The van der Waals surface area contributed by atoms with Crippen LogP contribution < -0.4 is 10.6 Å². The van der Waals surface area contributed by atoms with E-state index in [9.17, 15) is 4.79 Å². The van der Waals surface area contributed by atoms with Crippen molar-refractivity contribution in [1.82, 2.24) is 25.4 Å². The van der Waals surface area contributed by atoms with Gasteiger partial charge in [-0.3, -0.25) is 0 Å². The van der Waals surface area contributed by atoms with Crippen molar-refractivity contribution in [2.45, 2.75) is 58.7 Å². The Balaban J connectivity index is 1.78. The number of hydrogen-bond acceptors (Lipinski definition) is 3. The molecule has 0 aromatic carbocycles. The van der Waals surface area contributed by atoms with Crippen molar-refractivity contribution in [1.29, 1.82) is 0 Å². The Morgan fingerprint density at radius 1 is 1.47 bits per heavy atom. The lowest BCUT2D eigenvalue weighted by Crippen LogP contribution is -2.46. The molecule has 1 aromatic heterocycles. The topological polar surface area (TPSA) is 71.8 Å². The number of nitrogens with zero attached hydrogens (tertiary/aromatic N) is 3. The number of nitrogens with one attached hydrogen (secondary N) is 2. The number of carbonyl (C=O) groups is 1. The summed E-state index contributed by atoms with van der Waals surface area (Å²) in [5.41, 5.74) is 0. The number of aromatic nitrogens is 3. The molecule has 1 heterocycles. The molecular weight excluding hydrogens is 242 g/mol. The quantitative estimate of drug-likeness (QED) is 0.870. The molecule has 1 aliphatic carbocycles. The summed E-state index contributed by atoms with van der Waals surface area (Å²) >= 11 is 0. The Morgan fingerprint density at radius 3 is 3.00 bits per heavy atom. The molecule has 1 aromatic rings. The zero-order valence-corrected chi connectivity index (χ0v) is 11.7. The van der Waals surface area contributed by atoms with Crippen LogP contribution >= 0.6 is 0 Å². The van der Waals surface area contributed by atoms with Crippen LogP contribution in [-0.4, -0.2) is 26.8 Å². The molecule has 2 N–H and O–H groups in total. The third-order valence-electron chi connectivity index (χ3n) is 3.87. The number of amides is 2. The molecule has 0 aliphatic heterocycles. The number of rotatable bonds is 4. The highest BCUT2D eigenvalue weighted by Gasteiger charge is 2.22. The van der Waals surface area contributed by atoms with Crippen LogP contribution in [0.2, 0.25) is 0 Å². The van der Waals surface area contributed by atoms with Gasteiger partial charge in [0.05, 0.1) is 6.54 Å². The van der Waals surface area contributed by atoms with Crippen molar-refractivity contribution in [2.75, 3.05) is 0 Å². The minimum Gasteiger partial charge on any atom is -0.335 e. The van der Waals surface area contributed by atoms with Gasteiger partial charge in [-0.25, -0.2) is 4.79 Å². The SMILES string of the molecule is CCn1cnnc1CNC(=O)N[C@H]1CCCC[C@H]1C. The third kappa shape index (κ3) is 3.68. The summed E-state index contributed by atoms with van der Waals surface area (Å²) in [5, 5.41) is 13.7. The number of carbonyl (C=O) groups excluding carboxylic acids is 1. The highest BCUT2D eigenvalue weighted by molar-refractivity contribution is 5.74. The van der Waals surface area contributed by atoms with Crippen LogP contribution in [0.5, 0.6) is 0 Å². The largest absolute Gasteiger partial charge is 0.335 e. The van der Waals surface area contributed by atoms with Gasteiger partial charge >= 0.3 is 6.03 Å². The second-order valence-electron chi connectivity index (χ2n) is 5.23. The van der Waals surface area contributed by atoms with Crippen LogP contribution in [0, 0.1) is 5.92 Å². The van der Waals surface area contributed by atoms with Gasteiger partial charge in [-0.2, -0.15) is 0 Å². The van der Waals surface area contributed by atoms with E-state index < -0.39 is 0 Å². The Bertz CT molecular complexity index is 417. The molecule has 0 bridgehead atoms. The first-order valence-electron chi connectivity index (χ1n) is 7.11. The third-order valence-corrected chi connectivity index (χ3v) is 3.87. The second-order valence-corrected chi connectivity index (χ2v) is 5.23. The molecule has 2 rings (SSSR count). The van der Waals surface area contributed by atoms with Crippen LogP contribution in [0.3, 0.4) is 0 Å². The zero-order valence-electron chi connectivity index (χ0n) is 11.7. The standard InChI is InChI=1S/C13H23N5O/c1-3-18-9-15-17-12(18)8-14-13(19)16-11-7-5-4-6-10(11)2/h9-11H,3-8H2,1-2H3,(H2,14,16,19)/t10-,11+/m1/s1. The molecule has 0 saturated heterocycles. The monoisotopic (exact) mass is 265 g/mol. The minimum atomic E-state index is -0.107. The van der Waals surface area contributed by atoms with E-state index in [1.807, 2.05) is 11.5 Å². The first-order valence-corrected chi connectivity index (χ1v) is 7.11. The summed E-state index contributed by atoms with van der Waals surface area (Å²) in [7, 11) is 0. The van der Waals surface area contributed by atoms with Crippen LogP contribution in [0.15, 0.2) is 6.33 Å². The molecular formula is C13H23N5O. The van der Waals surface area contributed by atoms with E-state index in [2.05, 4.69) is 27.8 Å². The molecule has 0 radical (unpaired) electrons. The summed E-state index contributed by atoms with van der Waals surface area (Å²) in [4.78, 5) is 11.9. The molecule has 6 nitrogen and oxygen atoms in total. The first-order chi connectivity index (χ1) is 9.20. The van der Waals surface area contributed by atoms with Gasteiger partial charge in [-0.1, -0.05) is 19.8 Å². The van der Waals surface area contributed by atoms with E-state index in [0.29, 0.717) is 18.5 Å². The Morgan fingerprint density at radius 2 is 2.26 bits per heavy atom. The van der Waals surface area contributed by atoms with Gasteiger partial charge in [-0.05, 0) is 25.7 Å². The highest BCUT2D eigenvalue weighted by Crippen LogP contribution is 2.23. The van der Waals surface area contributed by atoms with Crippen LogP contribution in [-0.2, 0) is 13.1 Å². The van der Waals surface area contributed by atoms with Gasteiger partial charge in [0.25, 0.3) is 0 Å². The predicted octanol–water partition coefficient (Wildman–Crippen LogP) is 1.68. The fourth-order valence-corrected chi connectivity index (χ4v) is 2.59. The molecule has 0 spiro atoms. The van der Waals surface area contributed by atoms with Gasteiger partial charge in [-0.15, -0.1) is 10.2 Å². The lowest BCUT2D eigenvalue weighted by Gasteiger charge is -2.29. The molecule has 6 heteroatoms. The fraction of sp³-hybridized carbons (Fsp3) is 0.769. The van der Waals surface area contributed by atoms with Crippen molar-refractivity contribution in [3.05, 3.63) is 12.2 Å². The van der Waals surface area contributed by atoms with E-state index >= 15 is 0 Å². The summed E-state index contributed by atoms with van der Waals surface area (Å²) < 4.78 is 1.92. The van der Waals surface area contributed by atoms with Crippen molar-refractivity contribution in [3.63, 3.8) is 0 Å². The summed E-state index contributed by atoms with van der Waals surface area (Å²) in [5.74, 6) is 1.35. The van der Waals surface area contributed by atoms with E-state index in [1.165, 1.54) is 19.3 Å². The first kappa shape index (κ1) is 13.8. The maximum absolute atomic E-state index is 11.9. The van der Waals surface area contributed by atoms with Gasteiger partial charge in [0.15, 0.2) is 5.82 Å². The average Bonchev–Trinajstić information content (AvgIpc) is 2.86. The Kier molecular flexibility index (Phi) is 4.76. The van der Waals surface area contributed by atoms with Crippen molar-refractivity contribution < 1.29 is 4.79 Å². The molecule has 2 amide bonds. The molecule has 1 saturated carbocycles. The van der Waals surface area contributed by atoms with Crippen LogP contribution in [0.25, 0.3) is 0 Å². The van der Waals surface area contributed by atoms with Crippen molar-refractivity contribution in [2.24, 2.45) is 5.92 Å². The highest BCUT2D eigenvalue weighted by atomic mass is 16.2. The fourth-order valence-electron chi connectivity index (χ4n) is 2.59. The molecule has 1 aliphatic rings. The molecule has 19 heavy (non-hydrogen) atoms. The van der Waals surface area contributed by atoms with Gasteiger partial charge in [0, 0.05) is 12.6 Å². The molecule has 106 valence electrons. The van der Waals surface area contributed by atoms with E-state index in [0.717, 1.165) is 18.8 Å². The predicted molar refractivity (Wildman–Crippen MR) is 72.5 cm³/mol. The second kappa shape index (κ2) is 6.54. The lowest BCUT2D eigenvalue weighted by molar-refractivity contribution is 0.221. The van der Waals surface area contributed by atoms with Crippen molar-refractivity contribution in [3.8, 4) is 0 Å². The van der Waals surface area contributed by atoms with E-state index in [4.69, 9.17) is 0 Å². The maximum atomic E-state index is 11.9. The van der Waals surface area contributed by atoms with E-state index in [1.54, 1.807) is 6.33 Å². The summed E-state index contributed by atoms with van der Waals surface area (Å²) in [6.45, 7) is 5.46. The Labute approximate surface area is 114 Å². The smallest absolute Gasteiger partial charge is 0.315 e. The van der Waals surface area contributed by atoms with Crippen molar-refractivity contribution >= 4 is 6.03 Å². The average molecular weight is 265 g/mol. The van der Waals surface area contributed by atoms with Gasteiger partial charge in [0.1, 0.15) is 6.33 Å². The number of aryl methyl sites for hydroxylation is 1. The maximum Gasteiger partial charge on any atom is 0.315 e. The van der Waals surface area contributed by atoms with Crippen LogP contribution in [0.1, 0.15) is 45.4 Å². The lowest BCUT2D eigenvalue weighted by atomic mass is 9.86.